The highest BCUT2D eigenvalue weighted by atomic mass is 127. The lowest BCUT2D eigenvalue weighted by molar-refractivity contribution is 1.09. The van der Waals surface area contributed by atoms with Crippen LogP contribution in [0.1, 0.15) is 19.4 Å². The first-order chi connectivity index (χ1) is 9.31. The van der Waals surface area contributed by atoms with E-state index in [1.807, 2.05) is 41.1 Å². The standard InChI is InChI=1S/C11H6IN3OS.C2H6/c12-17-6-4-8-7-14-10(15-11(8)16)9-3-1-2-5-13-9;1-2/h1-3,5,7H,(H,14,15,16);1-2H3. The van der Waals surface area contributed by atoms with E-state index in [9.17, 15) is 4.79 Å². The first-order valence-electron chi connectivity index (χ1n) is 5.60. The van der Waals surface area contributed by atoms with Crippen molar-refractivity contribution in [1.29, 1.82) is 0 Å². The zero-order valence-electron chi connectivity index (χ0n) is 10.5. The lowest BCUT2D eigenvalue weighted by atomic mass is 10.3. The van der Waals surface area contributed by atoms with E-state index in [4.69, 9.17) is 0 Å². The molecule has 6 heteroatoms. The van der Waals surface area contributed by atoms with E-state index in [1.165, 1.54) is 15.1 Å². The van der Waals surface area contributed by atoms with Crippen LogP contribution in [0.2, 0.25) is 0 Å². The summed E-state index contributed by atoms with van der Waals surface area (Å²) >= 11 is 2.04. The maximum atomic E-state index is 11.7. The minimum absolute atomic E-state index is 0.251. The minimum Gasteiger partial charge on any atom is -0.304 e. The maximum Gasteiger partial charge on any atom is 0.266 e. The Balaban J connectivity index is 0.000000861. The van der Waals surface area contributed by atoms with Gasteiger partial charge in [0.2, 0.25) is 0 Å². The van der Waals surface area contributed by atoms with Crippen LogP contribution in [0.4, 0.5) is 0 Å². The van der Waals surface area contributed by atoms with Crippen molar-refractivity contribution in [2.45, 2.75) is 13.8 Å². The van der Waals surface area contributed by atoms with Gasteiger partial charge in [0, 0.05) is 27.4 Å². The summed E-state index contributed by atoms with van der Waals surface area (Å²) in [5, 5.41) is 2.74. The Morgan fingerprint density at radius 1 is 1.32 bits per heavy atom. The molecule has 2 rings (SSSR count). The molecule has 0 fully saturated rings. The molecule has 2 heterocycles. The van der Waals surface area contributed by atoms with Crippen LogP contribution in [0.25, 0.3) is 11.5 Å². The third kappa shape index (κ3) is 4.69. The molecule has 0 spiro atoms. The molecule has 0 atom stereocenters. The lowest BCUT2D eigenvalue weighted by Crippen LogP contribution is -2.12. The molecule has 0 unspecified atom stereocenters. The van der Waals surface area contributed by atoms with Crippen LogP contribution in [0.5, 0.6) is 0 Å². The van der Waals surface area contributed by atoms with Gasteiger partial charge in [-0.2, -0.15) is 0 Å². The van der Waals surface area contributed by atoms with Gasteiger partial charge >= 0.3 is 0 Å². The molecule has 0 aliphatic heterocycles. The topological polar surface area (TPSA) is 58.6 Å². The van der Waals surface area contributed by atoms with Gasteiger partial charge in [-0.05, 0) is 32.2 Å². The van der Waals surface area contributed by atoms with E-state index in [0.29, 0.717) is 17.1 Å². The molecular formula is C13H12IN3OS. The summed E-state index contributed by atoms with van der Waals surface area (Å²) in [6.07, 6.45) is 3.11. The number of rotatable bonds is 1. The average molecular weight is 385 g/mol. The second-order valence-electron chi connectivity index (χ2n) is 2.99. The number of H-pyrrole nitrogens is 1. The molecule has 2 aromatic rings. The fourth-order valence-electron chi connectivity index (χ4n) is 1.19. The molecule has 98 valence electrons. The molecule has 0 aliphatic rings. The first kappa shape index (κ1) is 15.7. The normalized spacial score (nSPS) is 8.79. The first-order valence-corrected chi connectivity index (χ1v) is 8.96. The number of pyridine rings is 1. The fraction of sp³-hybridized carbons (Fsp3) is 0.154. The Morgan fingerprint density at radius 3 is 2.68 bits per heavy atom. The second-order valence-corrected chi connectivity index (χ2v) is 4.67. The molecule has 19 heavy (non-hydrogen) atoms. The van der Waals surface area contributed by atoms with Crippen molar-refractivity contribution >= 4 is 30.1 Å². The van der Waals surface area contributed by atoms with Gasteiger partial charge in [-0.1, -0.05) is 19.9 Å². The molecule has 0 aromatic carbocycles. The number of halogens is 1. The summed E-state index contributed by atoms with van der Waals surface area (Å²) < 4.78 is 0. The van der Waals surface area contributed by atoms with Crippen LogP contribution in [-0.2, 0) is 0 Å². The highest BCUT2D eigenvalue weighted by Gasteiger charge is 2.03. The molecule has 4 nitrogen and oxygen atoms in total. The number of aromatic nitrogens is 3. The van der Waals surface area contributed by atoms with Crippen molar-refractivity contribution < 1.29 is 0 Å². The lowest BCUT2D eigenvalue weighted by Gasteiger charge is -1.98. The quantitative estimate of drug-likeness (QED) is 0.605. The van der Waals surface area contributed by atoms with Crippen LogP contribution in [0.3, 0.4) is 0 Å². The van der Waals surface area contributed by atoms with Crippen molar-refractivity contribution in [3.8, 4) is 22.7 Å². The summed E-state index contributed by atoms with van der Waals surface area (Å²) in [7, 11) is 1.32. The number of nitrogens with zero attached hydrogens (tertiary/aromatic N) is 2. The summed E-state index contributed by atoms with van der Waals surface area (Å²) in [4.78, 5) is 22.6. The van der Waals surface area contributed by atoms with Crippen molar-refractivity contribution in [1.82, 2.24) is 15.0 Å². The van der Waals surface area contributed by atoms with Gasteiger partial charge in [0.05, 0.1) is 6.20 Å². The predicted molar refractivity (Wildman–Crippen MR) is 87.9 cm³/mol. The zero-order valence-corrected chi connectivity index (χ0v) is 13.4. The molecule has 0 bridgehead atoms. The van der Waals surface area contributed by atoms with Gasteiger partial charge in [0.25, 0.3) is 5.56 Å². The van der Waals surface area contributed by atoms with Gasteiger partial charge in [-0.3, -0.25) is 9.78 Å². The summed E-state index contributed by atoms with van der Waals surface area (Å²) in [5.41, 5.74) is 0.736. The molecular weight excluding hydrogens is 373 g/mol. The number of aromatic amines is 1. The van der Waals surface area contributed by atoms with Crippen LogP contribution in [0, 0.1) is 11.2 Å². The third-order valence-electron chi connectivity index (χ3n) is 1.93. The number of hydrogen-bond acceptors (Lipinski definition) is 4. The summed E-state index contributed by atoms with van der Waals surface area (Å²) in [6.45, 7) is 4.00. The molecule has 0 saturated carbocycles. The molecule has 2 aromatic heterocycles. The largest absolute Gasteiger partial charge is 0.304 e. The molecule has 0 aliphatic carbocycles. The van der Waals surface area contributed by atoms with Crippen LogP contribution >= 0.6 is 30.1 Å². The zero-order chi connectivity index (χ0) is 14.1. The Kier molecular flexibility index (Phi) is 7.22. The second kappa shape index (κ2) is 8.72. The van der Waals surface area contributed by atoms with Crippen LogP contribution in [0.15, 0.2) is 35.4 Å². The van der Waals surface area contributed by atoms with E-state index in [2.05, 4.69) is 26.1 Å². The van der Waals surface area contributed by atoms with Crippen LogP contribution < -0.4 is 5.56 Å². The monoisotopic (exact) mass is 385 g/mol. The predicted octanol–water partition coefficient (Wildman–Crippen LogP) is 3.25. The molecule has 0 saturated heterocycles. The summed E-state index contributed by atoms with van der Waals surface area (Å²) in [6, 6.07) is 5.42. The van der Waals surface area contributed by atoms with Gasteiger partial charge in [-0.15, -0.1) is 0 Å². The average Bonchev–Trinajstić information content (AvgIpc) is 2.49. The summed E-state index contributed by atoms with van der Waals surface area (Å²) in [5.74, 6) is 3.17. The highest BCUT2D eigenvalue weighted by Crippen LogP contribution is 2.09. The van der Waals surface area contributed by atoms with Crippen molar-refractivity contribution in [3.05, 3.63) is 46.5 Å². The fourth-order valence-corrected chi connectivity index (χ4v) is 1.67. The molecule has 0 radical (unpaired) electrons. The van der Waals surface area contributed by atoms with Gasteiger partial charge in [0.1, 0.15) is 11.3 Å². The van der Waals surface area contributed by atoms with E-state index in [1.54, 1.807) is 18.3 Å². The highest BCUT2D eigenvalue weighted by molar-refractivity contribution is 14.2. The van der Waals surface area contributed by atoms with E-state index < -0.39 is 0 Å². The van der Waals surface area contributed by atoms with Crippen molar-refractivity contribution in [2.75, 3.05) is 0 Å². The smallest absolute Gasteiger partial charge is 0.266 e. The Bertz CT molecular complexity index is 632. The Hall–Kier alpha value is -1.33. The molecule has 1 N–H and O–H groups in total. The maximum absolute atomic E-state index is 11.7. The van der Waals surface area contributed by atoms with Gasteiger partial charge < -0.3 is 4.98 Å². The minimum atomic E-state index is -0.251. The van der Waals surface area contributed by atoms with Crippen molar-refractivity contribution in [2.24, 2.45) is 0 Å². The van der Waals surface area contributed by atoms with Crippen LogP contribution in [-0.4, -0.2) is 15.0 Å². The van der Waals surface area contributed by atoms with Crippen molar-refractivity contribution in [3.63, 3.8) is 0 Å². The van der Waals surface area contributed by atoms with Gasteiger partial charge in [-0.25, -0.2) is 4.98 Å². The SMILES string of the molecule is CC.O=c1[nH]c(-c2ccccn2)ncc1C#CSI. The van der Waals surface area contributed by atoms with Gasteiger partial charge in [0.15, 0.2) is 5.82 Å². The third-order valence-corrected chi connectivity index (χ3v) is 2.77. The van der Waals surface area contributed by atoms with E-state index in [0.717, 1.165) is 0 Å². The Labute approximate surface area is 128 Å². The molecule has 0 amide bonds. The van der Waals surface area contributed by atoms with E-state index in [-0.39, 0.29) is 5.56 Å². The number of nitrogens with one attached hydrogen (secondary N) is 1. The Morgan fingerprint density at radius 2 is 2.11 bits per heavy atom. The van der Waals surface area contributed by atoms with E-state index >= 15 is 0 Å². The number of hydrogen-bond donors (Lipinski definition) is 1.